The molecule has 3 aromatic carbocycles. The highest BCUT2D eigenvalue weighted by Crippen LogP contribution is 2.42. The van der Waals surface area contributed by atoms with Crippen molar-refractivity contribution < 1.29 is 8.42 Å². The van der Waals surface area contributed by atoms with Crippen molar-refractivity contribution in [3.63, 3.8) is 0 Å². The fourth-order valence-electron chi connectivity index (χ4n) is 6.57. The van der Waals surface area contributed by atoms with E-state index in [0.29, 0.717) is 29.6 Å². The minimum Gasteiger partial charge on any atom is -0.317 e. The van der Waals surface area contributed by atoms with E-state index in [-0.39, 0.29) is 4.90 Å². The second-order valence-electron chi connectivity index (χ2n) is 11.1. The highest BCUT2D eigenvalue weighted by Gasteiger charge is 2.30. The van der Waals surface area contributed by atoms with Crippen LogP contribution in [0.5, 0.6) is 0 Å². The van der Waals surface area contributed by atoms with E-state index in [9.17, 15) is 8.42 Å². The number of benzene rings is 3. The first kappa shape index (κ1) is 26.3. The van der Waals surface area contributed by atoms with Gasteiger partial charge in [-0.3, -0.25) is 5.32 Å². The van der Waals surface area contributed by atoms with Crippen LogP contribution in [0.15, 0.2) is 75.8 Å². The van der Waals surface area contributed by atoms with Crippen LogP contribution in [0.2, 0.25) is 0 Å². The van der Waals surface area contributed by atoms with E-state index in [4.69, 9.17) is 5.14 Å². The van der Waals surface area contributed by atoms with Crippen LogP contribution < -0.4 is 15.8 Å². The van der Waals surface area contributed by atoms with Crippen LogP contribution in [0, 0.1) is 0 Å². The van der Waals surface area contributed by atoms with E-state index in [1.54, 1.807) is 0 Å². The van der Waals surface area contributed by atoms with Gasteiger partial charge in [-0.15, -0.1) is 0 Å². The Labute approximate surface area is 231 Å². The molecule has 6 rings (SSSR count). The molecule has 39 heavy (non-hydrogen) atoms. The Kier molecular flexibility index (Phi) is 7.62. The zero-order valence-corrected chi connectivity index (χ0v) is 23.1. The van der Waals surface area contributed by atoms with Crippen molar-refractivity contribution in [1.82, 2.24) is 10.6 Å². The SMILES string of the molecule is NS(=O)(=O)c1c(-c2ccc(C3CCCCC3)cc2)ccc(-c2ccc(C3CCNCC3)cc2)c1C1N=NCN1. The fourth-order valence-corrected chi connectivity index (χ4v) is 7.59. The molecular formula is C31H37N5O2S. The molecule has 3 aromatic rings. The average Bonchev–Trinajstić information content (AvgIpc) is 3.52. The largest absolute Gasteiger partial charge is 0.317 e. The zero-order chi connectivity index (χ0) is 26.8. The van der Waals surface area contributed by atoms with Gasteiger partial charge in [-0.1, -0.05) is 79.9 Å². The highest BCUT2D eigenvalue weighted by atomic mass is 32.2. The lowest BCUT2D eigenvalue weighted by molar-refractivity contribution is 0.443. The molecule has 2 aliphatic heterocycles. The van der Waals surface area contributed by atoms with E-state index in [1.165, 1.54) is 43.2 Å². The van der Waals surface area contributed by atoms with Crippen LogP contribution in [0.3, 0.4) is 0 Å². The van der Waals surface area contributed by atoms with Crippen molar-refractivity contribution in [2.24, 2.45) is 15.4 Å². The van der Waals surface area contributed by atoms with Gasteiger partial charge in [-0.25, -0.2) is 13.6 Å². The van der Waals surface area contributed by atoms with Gasteiger partial charge >= 0.3 is 0 Å². The monoisotopic (exact) mass is 543 g/mol. The minimum absolute atomic E-state index is 0.117. The van der Waals surface area contributed by atoms with Gasteiger partial charge in [0.25, 0.3) is 0 Å². The molecular weight excluding hydrogens is 506 g/mol. The van der Waals surface area contributed by atoms with Crippen LogP contribution in [0.25, 0.3) is 22.3 Å². The fraction of sp³-hybridized carbons (Fsp3) is 0.419. The second-order valence-corrected chi connectivity index (χ2v) is 12.6. The first-order chi connectivity index (χ1) is 19.0. The Morgan fingerprint density at radius 3 is 1.85 bits per heavy atom. The molecule has 0 bridgehead atoms. The molecule has 2 heterocycles. The van der Waals surface area contributed by atoms with Gasteiger partial charge in [0.15, 0.2) is 0 Å². The first-order valence-electron chi connectivity index (χ1n) is 14.2. The van der Waals surface area contributed by atoms with Gasteiger partial charge in [0.2, 0.25) is 10.0 Å². The van der Waals surface area contributed by atoms with Gasteiger partial charge in [0.05, 0.1) is 4.90 Å². The second kappa shape index (κ2) is 11.3. The van der Waals surface area contributed by atoms with Crippen molar-refractivity contribution in [2.75, 3.05) is 19.8 Å². The number of nitrogens with one attached hydrogen (secondary N) is 2. The van der Waals surface area contributed by atoms with Gasteiger partial charge in [-0.2, -0.15) is 10.2 Å². The topological polar surface area (TPSA) is 109 Å². The number of nitrogens with two attached hydrogens (primary N) is 1. The van der Waals surface area contributed by atoms with Gasteiger partial charge < -0.3 is 5.32 Å². The van der Waals surface area contributed by atoms with Crippen LogP contribution in [0.4, 0.5) is 0 Å². The Balaban J connectivity index is 1.43. The zero-order valence-electron chi connectivity index (χ0n) is 22.3. The van der Waals surface area contributed by atoms with Gasteiger partial charge in [0, 0.05) is 11.1 Å². The maximum absolute atomic E-state index is 13.2. The average molecular weight is 544 g/mol. The summed E-state index contributed by atoms with van der Waals surface area (Å²) in [5.41, 5.74) is 6.38. The summed E-state index contributed by atoms with van der Waals surface area (Å²) < 4.78 is 26.5. The Hall–Kier alpha value is -2.91. The van der Waals surface area contributed by atoms with Crippen LogP contribution in [-0.4, -0.2) is 28.2 Å². The number of primary sulfonamides is 1. The number of nitrogens with zero attached hydrogens (tertiary/aromatic N) is 2. The normalized spacial score (nSPS) is 20.9. The molecule has 204 valence electrons. The summed E-state index contributed by atoms with van der Waals surface area (Å²) in [6.07, 6.45) is 7.96. The summed E-state index contributed by atoms with van der Waals surface area (Å²) in [4.78, 5) is 0.117. The van der Waals surface area contributed by atoms with E-state index >= 15 is 0 Å². The highest BCUT2D eigenvalue weighted by molar-refractivity contribution is 7.89. The summed E-state index contributed by atoms with van der Waals surface area (Å²) in [6.45, 7) is 2.41. The Morgan fingerprint density at radius 2 is 1.28 bits per heavy atom. The van der Waals surface area contributed by atoms with Crippen molar-refractivity contribution in [3.8, 4) is 22.3 Å². The number of sulfonamides is 1. The molecule has 1 aliphatic carbocycles. The predicted octanol–water partition coefficient (Wildman–Crippen LogP) is 6.19. The molecule has 1 saturated carbocycles. The molecule has 4 N–H and O–H groups in total. The lowest BCUT2D eigenvalue weighted by Gasteiger charge is -2.24. The van der Waals surface area contributed by atoms with Crippen molar-refractivity contribution >= 4 is 10.0 Å². The molecule has 0 radical (unpaired) electrons. The minimum atomic E-state index is -4.08. The number of hydrogen-bond acceptors (Lipinski definition) is 6. The maximum atomic E-state index is 13.2. The number of azo groups is 1. The Morgan fingerprint density at radius 1 is 0.718 bits per heavy atom. The molecule has 7 nitrogen and oxygen atoms in total. The van der Waals surface area contributed by atoms with Crippen molar-refractivity contribution in [3.05, 3.63) is 77.4 Å². The predicted molar refractivity (Wildman–Crippen MR) is 155 cm³/mol. The molecule has 1 unspecified atom stereocenters. The molecule has 0 aromatic heterocycles. The molecule has 0 spiro atoms. The van der Waals surface area contributed by atoms with E-state index in [2.05, 4.69) is 57.3 Å². The number of rotatable bonds is 6. The summed E-state index contributed by atoms with van der Waals surface area (Å²) >= 11 is 0. The molecule has 1 saturated heterocycles. The van der Waals surface area contributed by atoms with Gasteiger partial charge in [-0.05, 0) is 78.4 Å². The molecule has 2 fully saturated rings. The van der Waals surface area contributed by atoms with E-state index < -0.39 is 16.2 Å². The quantitative estimate of drug-likeness (QED) is 0.344. The third kappa shape index (κ3) is 5.57. The maximum Gasteiger partial charge on any atom is 0.239 e. The standard InChI is InChI=1S/C31H37N5O2S/c32-39(37,38)30-28(26-12-8-22(9-13-26)21-4-2-1-3-5-21)15-14-27(29(30)31-34-20-35-36-31)25-10-6-23(7-11-25)24-16-18-33-19-17-24/h6-15,21,24,31,33-34H,1-5,16-20H2,(H2,32,37,38). The number of hydrogen-bond donors (Lipinski definition) is 3. The molecule has 1 atom stereocenters. The van der Waals surface area contributed by atoms with Crippen LogP contribution in [-0.2, 0) is 10.0 Å². The molecule has 8 heteroatoms. The van der Waals surface area contributed by atoms with Crippen molar-refractivity contribution in [1.29, 1.82) is 0 Å². The van der Waals surface area contributed by atoms with E-state index in [0.717, 1.165) is 42.6 Å². The molecule has 3 aliphatic rings. The Bertz CT molecular complexity index is 1440. The lowest BCUT2D eigenvalue weighted by atomic mass is 9.83. The molecule has 0 amide bonds. The third-order valence-electron chi connectivity index (χ3n) is 8.64. The number of piperidine rings is 1. The first-order valence-corrected chi connectivity index (χ1v) is 15.7. The van der Waals surface area contributed by atoms with E-state index in [1.807, 2.05) is 24.3 Å². The van der Waals surface area contributed by atoms with Gasteiger partial charge in [0.1, 0.15) is 12.8 Å². The van der Waals surface area contributed by atoms with Crippen LogP contribution in [0.1, 0.15) is 79.6 Å². The van der Waals surface area contributed by atoms with Crippen molar-refractivity contribution in [2.45, 2.75) is 67.8 Å². The summed E-state index contributed by atoms with van der Waals surface area (Å²) in [5.74, 6) is 1.13. The third-order valence-corrected chi connectivity index (χ3v) is 9.65. The summed E-state index contributed by atoms with van der Waals surface area (Å²) in [5, 5.41) is 21.1. The lowest BCUT2D eigenvalue weighted by Crippen LogP contribution is -2.26. The smallest absolute Gasteiger partial charge is 0.239 e. The summed E-state index contributed by atoms with van der Waals surface area (Å²) in [6, 6.07) is 20.8. The van der Waals surface area contributed by atoms with Crippen LogP contribution >= 0.6 is 0 Å². The summed E-state index contributed by atoms with van der Waals surface area (Å²) in [7, 11) is -4.08.